The molecule has 7 heteroatoms. The van der Waals surface area contributed by atoms with E-state index in [1.54, 1.807) is 0 Å². The summed E-state index contributed by atoms with van der Waals surface area (Å²) in [6, 6.07) is 2.40. The van der Waals surface area contributed by atoms with Crippen LogP contribution >= 0.6 is 0 Å². The van der Waals surface area contributed by atoms with Gasteiger partial charge in [0.1, 0.15) is 0 Å². The summed E-state index contributed by atoms with van der Waals surface area (Å²) < 4.78 is 35.4. The first-order valence-electron chi connectivity index (χ1n) is 4.79. The van der Waals surface area contributed by atoms with Crippen LogP contribution in [0.15, 0.2) is 21.6 Å². The largest absolute Gasteiger partial charge is 0.624 e. The second kappa shape index (κ2) is 5.13. The molecule has 0 aliphatic rings. The number of nitrogens with zero attached hydrogens (tertiary/aromatic N) is 1. The van der Waals surface area contributed by atoms with Crippen molar-refractivity contribution in [2.24, 2.45) is 0 Å². The molecule has 0 aliphatic carbocycles. The van der Waals surface area contributed by atoms with Gasteiger partial charge in [0, 0.05) is 6.42 Å². The molecule has 0 fully saturated rings. The molecule has 0 aromatic carbocycles. The van der Waals surface area contributed by atoms with E-state index in [0.29, 0.717) is 11.3 Å². The highest BCUT2D eigenvalue weighted by Gasteiger charge is 2.15. The van der Waals surface area contributed by atoms with Gasteiger partial charge in [0.2, 0.25) is 11.3 Å². The van der Waals surface area contributed by atoms with Gasteiger partial charge in [-0.1, -0.05) is 13.3 Å². The van der Waals surface area contributed by atoms with Gasteiger partial charge >= 0.3 is 10.1 Å². The maximum absolute atomic E-state index is 11.2. The quantitative estimate of drug-likeness (QED) is 0.278. The number of rotatable bonds is 5. The van der Waals surface area contributed by atoms with Gasteiger partial charge in [0.15, 0.2) is 12.3 Å². The Labute approximate surface area is 93.5 Å². The van der Waals surface area contributed by atoms with E-state index in [-0.39, 0.29) is 5.76 Å². The molecule has 0 amide bonds. The SMILES string of the molecule is CCCC[N+]([O-])=Cc1ccc(S(=O)(=O)O)o1. The van der Waals surface area contributed by atoms with E-state index in [2.05, 4.69) is 0 Å². The highest BCUT2D eigenvalue weighted by atomic mass is 32.2. The molecule has 0 atom stereocenters. The molecule has 0 bridgehead atoms. The third kappa shape index (κ3) is 3.67. The summed E-state index contributed by atoms with van der Waals surface area (Å²) in [7, 11) is -4.34. The van der Waals surface area contributed by atoms with Crippen molar-refractivity contribution in [3.8, 4) is 0 Å². The third-order valence-electron chi connectivity index (χ3n) is 1.86. The average Bonchev–Trinajstić information content (AvgIpc) is 2.62. The Kier molecular flexibility index (Phi) is 4.08. The van der Waals surface area contributed by atoms with Crippen molar-refractivity contribution in [3.63, 3.8) is 0 Å². The minimum absolute atomic E-state index is 0.0960. The average molecular weight is 247 g/mol. The predicted molar refractivity (Wildman–Crippen MR) is 57.1 cm³/mol. The lowest BCUT2D eigenvalue weighted by Gasteiger charge is -2.00. The van der Waals surface area contributed by atoms with Gasteiger partial charge in [-0.05, 0) is 12.1 Å². The Bertz CT molecular complexity index is 474. The summed E-state index contributed by atoms with van der Waals surface area (Å²) in [6.45, 7) is 2.27. The summed E-state index contributed by atoms with van der Waals surface area (Å²) in [6.07, 6.45) is 2.78. The Morgan fingerprint density at radius 1 is 1.56 bits per heavy atom. The first-order valence-corrected chi connectivity index (χ1v) is 6.23. The minimum atomic E-state index is -4.34. The molecular weight excluding hydrogens is 234 g/mol. The van der Waals surface area contributed by atoms with Crippen molar-refractivity contribution in [2.75, 3.05) is 6.54 Å². The standard InChI is InChI=1S/C9H13NO5S/c1-2-3-6-10(11)7-8-4-5-9(15-8)16(12,13)14/h4-5,7H,2-3,6H2,1H3,(H,12,13,14). The summed E-state index contributed by atoms with van der Waals surface area (Å²) in [5.41, 5.74) is 0. The molecule has 1 aromatic rings. The van der Waals surface area contributed by atoms with Gasteiger partial charge < -0.3 is 9.62 Å². The third-order valence-corrected chi connectivity index (χ3v) is 2.59. The van der Waals surface area contributed by atoms with E-state index in [9.17, 15) is 13.6 Å². The molecule has 1 aromatic heterocycles. The van der Waals surface area contributed by atoms with Crippen LogP contribution in [0.5, 0.6) is 0 Å². The van der Waals surface area contributed by atoms with Gasteiger partial charge in [-0.3, -0.25) is 4.55 Å². The molecule has 1 N–H and O–H groups in total. The van der Waals surface area contributed by atoms with Crippen molar-refractivity contribution in [1.29, 1.82) is 0 Å². The Balaban J connectivity index is 2.79. The van der Waals surface area contributed by atoms with E-state index in [1.165, 1.54) is 6.07 Å². The van der Waals surface area contributed by atoms with Crippen LogP contribution in [0.1, 0.15) is 25.5 Å². The zero-order chi connectivity index (χ0) is 12.2. The molecular formula is C9H13NO5S. The summed E-state index contributed by atoms with van der Waals surface area (Å²) >= 11 is 0. The predicted octanol–water partition coefficient (Wildman–Crippen LogP) is 1.26. The molecule has 0 aliphatic heterocycles. The van der Waals surface area contributed by atoms with Gasteiger partial charge in [0.05, 0.1) is 0 Å². The van der Waals surface area contributed by atoms with E-state index in [0.717, 1.165) is 25.1 Å². The molecule has 0 saturated carbocycles. The molecule has 0 unspecified atom stereocenters. The highest BCUT2D eigenvalue weighted by Crippen LogP contribution is 2.11. The molecule has 1 rings (SSSR count). The van der Waals surface area contributed by atoms with E-state index in [4.69, 9.17) is 8.97 Å². The van der Waals surface area contributed by atoms with Crippen LogP contribution in [0.2, 0.25) is 0 Å². The van der Waals surface area contributed by atoms with E-state index in [1.807, 2.05) is 6.92 Å². The molecule has 0 radical (unpaired) electrons. The van der Waals surface area contributed by atoms with Crippen LogP contribution in [-0.2, 0) is 10.1 Å². The number of unbranched alkanes of at least 4 members (excludes halogenated alkanes) is 1. The van der Waals surface area contributed by atoms with Gasteiger partial charge in [-0.2, -0.15) is 8.42 Å². The van der Waals surface area contributed by atoms with Crippen molar-refractivity contribution in [3.05, 3.63) is 23.1 Å². The first-order chi connectivity index (χ1) is 7.43. The van der Waals surface area contributed by atoms with Crippen molar-refractivity contribution in [1.82, 2.24) is 0 Å². The lowest BCUT2D eigenvalue weighted by molar-refractivity contribution is -0.453. The maximum Gasteiger partial charge on any atom is 0.328 e. The lowest BCUT2D eigenvalue weighted by Crippen LogP contribution is -2.06. The number of hydroxylamine groups is 1. The number of hydrogen-bond acceptors (Lipinski definition) is 4. The highest BCUT2D eigenvalue weighted by molar-refractivity contribution is 7.85. The first kappa shape index (κ1) is 12.7. The van der Waals surface area contributed by atoms with Crippen LogP contribution in [-0.4, -0.2) is 30.5 Å². The fourth-order valence-corrected chi connectivity index (χ4v) is 1.50. The van der Waals surface area contributed by atoms with Crippen LogP contribution in [0.3, 0.4) is 0 Å². The van der Waals surface area contributed by atoms with Crippen LogP contribution in [0.4, 0.5) is 0 Å². The summed E-state index contributed by atoms with van der Waals surface area (Å²) in [4.78, 5) is 0. The van der Waals surface area contributed by atoms with Crippen molar-refractivity contribution < 1.29 is 22.1 Å². The molecule has 6 nitrogen and oxygen atoms in total. The number of hydrogen-bond donors (Lipinski definition) is 1. The Hall–Kier alpha value is -1.34. The molecule has 0 saturated heterocycles. The molecule has 90 valence electrons. The maximum atomic E-state index is 11.2. The summed E-state index contributed by atoms with van der Waals surface area (Å²) in [5, 5.41) is 10.7. The molecule has 16 heavy (non-hydrogen) atoms. The van der Waals surface area contributed by atoms with Gasteiger partial charge in [-0.25, -0.2) is 4.74 Å². The monoisotopic (exact) mass is 247 g/mol. The van der Waals surface area contributed by atoms with Gasteiger partial charge in [0.25, 0.3) is 0 Å². The second-order valence-electron chi connectivity index (χ2n) is 3.26. The normalized spacial score (nSPS) is 13.0. The smallest absolute Gasteiger partial charge is 0.328 e. The van der Waals surface area contributed by atoms with E-state index < -0.39 is 15.2 Å². The van der Waals surface area contributed by atoms with Crippen LogP contribution in [0.25, 0.3) is 0 Å². The summed E-state index contributed by atoms with van der Waals surface area (Å²) in [5.74, 6) is 0.0960. The fraction of sp³-hybridized carbons (Fsp3) is 0.444. The van der Waals surface area contributed by atoms with Crippen LogP contribution < -0.4 is 0 Å². The zero-order valence-electron chi connectivity index (χ0n) is 8.79. The fourth-order valence-electron chi connectivity index (χ4n) is 1.06. The Morgan fingerprint density at radius 2 is 2.25 bits per heavy atom. The molecule has 0 spiro atoms. The zero-order valence-corrected chi connectivity index (χ0v) is 9.61. The minimum Gasteiger partial charge on any atom is -0.624 e. The molecule has 1 heterocycles. The van der Waals surface area contributed by atoms with Crippen LogP contribution in [0, 0.1) is 5.21 Å². The topological polar surface area (TPSA) is 93.6 Å². The van der Waals surface area contributed by atoms with Crippen molar-refractivity contribution in [2.45, 2.75) is 24.9 Å². The van der Waals surface area contributed by atoms with E-state index >= 15 is 0 Å². The number of furan rings is 1. The second-order valence-corrected chi connectivity index (χ2v) is 4.61. The van der Waals surface area contributed by atoms with Crippen molar-refractivity contribution >= 4 is 16.3 Å². The lowest BCUT2D eigenvalue weighted by atomic mass is 10.3. The van der Waals surface area contributed by atoms with Gasteiger partial charge in [-0.15, -0.1) is 0 Å². The Morgan fingerprint density at radius 3 is 2.75 bits per heavy atom.